The number of carbonyl (C=O) groups excluding carboxylic acids is 1. The minimum atomic E-state index is -0.158. The van der Waals surface area contributed by atoms with E-state index in [4.69, 9.17) is 28.9 Å². The summed E-state index contributed by atoms with van der Waals surface area (Å²) in [6, 6.07) is 12.8. The molecule has 0 bridgehead atoms. The maximum atomic E-state index is 12.1. The van der Waals surface area contributed by atoms with Gasteiger partial charge in [-0.25, -0.2) is 0 Å². The normalized spacial score (nSPS) is 15.1. The minimum Gasteiger partial charge on any atom is -0.398 e. The molecule has 0 atom stereocenters. The Morgan fingerprint density at radius 2 is 1.79 bits per heavy atom. The van der Waals surface area contributed by atoms with Crippen molar-refractivity contribution in [3.8, 4) is 0 Å². The lowest BCUT2D eigenvalue weighted by Gasteiger charge is -2.36. The Morgan fingerprint density at radius 3 is 2.54 bits per heavy atom. The molecule has 1 heterocycles. The van der Waals surface area contributed by atoms with E-state index in [1.165, 1.54) is 0 Å². The molecule has 0 aromatic heterocycles. The summed E-state index contributed by atoms with van der Waals surface area (Å²) in [6.45, 7) is 5.02. The number of hydrogen-bond acceptors (Lipinski definition) is 4. The Kier molecular flexibility index (Phi) is 7.20. The smallest absolute Gasteiger partial charge is 0.253 e. The van der Waals surface area contributed by atoms with Gasteiger partial charge < -0.3 is 16.0 Å². The first kappa shape index (κ1) is 20.5. The molecule has 0 radical (unpaired) electrons. The number of piperazine rings is 1. The fraction of sp³-hybridized carbons (Fsp3) is 0.286. The molecule has 0 aliphatic carbocycles. The van der Waals surface area contributed by atoms with E-state index >= 15 is 0 Å². The van der Waals surface area contributed by atoms with Crippen molar-refractivity contribution in [1.29, 1.82) is 0 Å². The van der Waals surface area contributed by atoms with E-state index in [2.05, 4.69) is 21.2 Å². The lowest BCUT2D eigenvalue weighted by atomic mass is 10.1. The van der Waals surface area contributed by atoms with Gasteiger partial charge in [0, 0.05) is 45.0 Å². The van der Waals surface area contributed by atoms with Crippen LogP contribution in [0.4, 0.5) is 11.4 Å². The molecule has 0 spiro atoms. The summed E-state index contributed by atoms with van der Waals surface area (Å²) < 4.78 is 0. The van der Waals surface area contributed by atoms with Gasteiger partial charge in [-0.15, -0.1) is 0 Å². The summed E-state index contributed by atoms with van der Waals surface area (Å²) in [4.78, 5) is 16.7. The van der Waals surface area contributed by atoms with Crippen molar-refractivity contribution in [2.24, 2.45) is 0 Å². The van der Waals surface area contributed by atoms with Gasteiger partial charge in [-0.05, 0) is 24.3 Å². The van der Waals surface area contributed by atoms with Crippen LogP contribution in [0, 0.1) is 0 Å². The van der Waals surface area contributed by atoms with Crippen molar-refractivity contribution < 1.29 is 4.79 Å². The predicted molar refractivity (Wildman–Crippen MR) is 117 cm³/mol. The van der Waals surface area contributed by atoms with E-state index in [-0.39, 0.29) is 5.91 Å². The second-order valence-corrected chi connectivity index (χ2v) is 7.41. The zero-order chi connectivity index (χ0) is 19.9. The highest BCUT2D eigenvalue weighted by molar-refractivity contribution is 6.43. The van der Waals surface area contributed by atoms with Crippen LogP contribution in [0.5, 0.6) is 0 Å². The van der Waals surface area contributed by atoms with Crippen molar-refractivity contribution in [1.82, 2.24) is 10.2 Å². The zero-order valence-electron chi connectivity index (χ0n) is 15.6. The van der Waals surface area contributed by atoms with Crippen LogP contribution in [0.3, 0.4) is 0 Å². The molecule has 28 heavy (non-hydrogen) atoms. The Hall–Kier alpha value is -2.21. The van der Waals surface area contributed by atoms with Crippen LogP contribution < -0.4 is 16.0 Å². The third-order valence-electron chi connectivity index (χ3n) is 4.76. The monoisotopic (exact) mass is 418 g/mol. The van der Waals surface area contributed by atoms with Crippen molar-refractivity contribution >= 4 is 40.5 Å². The van der Waals surface area contributed by atoms with Gasteiger partial charge in [0.1, 0.15) is 0 Å². The van der Waals surface area contributed by atoms with Crippen molar-refractivity contribution in [3.05, 3.63) is 70.2 Å². The zero-order valence-corrected chi connectivity index (χ0v) is 17.1. The van der Waals surface area contributed by atoms with E-state index < -0.39 is 0 Å². The third kappa shape index (κ3) is 5.19. The number of amides is 1. The number of nitrogens with zero attached hydrogens (tertiary/aromatic N) is 2. The second kappa shape index (κ2) is 9.82. The maximum Gasteiger partial charge on any atom is 0.253 e. The Balaban J connectivity index is 1.40. The second-order valence-electron chi connectivity index (χ2n) is 6.63. The average molecular weight is 419 g/mol. The Labute approximate surface area is 175 Å². The molecule has 148 valence electrons. The lowest BCUT2D eigenvalue weighted by Crippen LogP contribution is -2.46. The Morgan fingerprint density at radius 1 is 1.04 bits per heavy atom. The van der Waals surface area contributed by atoms with E-state index in [9.17, 15) is 4.79 Å². The molecule has 1 saturated heterocycles. The number of nitrogens with two attached hydrogens (primary N) is 1. The maximum absolute atomic E-state index is 12.1. The first-order chi connectivity index (χ1) is 13.6. The number of hydrogen-bond donors (Lipinski definition) is 2. The van der Waals surface area contributed by atoms with Crippen LogP contribution in [-0.2, 0) is 0 Å². The van der Waals surface area contributed by atoms with Crippen molar-refractivity contribution in [2.75, 3.05) is 49.9 Å². The molecule has 0 unspecified atom stereocenters. The molecule has 1 fully saturated rings. The lowest BCUT2D eigenvalue weighted by molar-refractivity contribution is 0.0959. The van der Waals surface area contributed by atoms with E-state index in [1.807, 2.05) is 24.3 Å². The van der Waals surface area contributed by atoms with Crippen molar-refractivity contribution in [3.63, 3.8) is 0 Å². The molecule has 7 heteroatoms. The molecule has 2 aromatic rings. The van der Waals surface area contributed by atoms with Gasteiger partial charge in [-0.1, -0.05) is 53.6 Å². The highest BCUT2D eigenvalue weighted by Crippen LogP contribution is 2.32. The number of rotatable bonds is 6. The molecule has 5 nitrogen and oxygen atoms in total. The number of benzene rings is 2. The number of halogens is 2. The first-order valence-electron chi connectivity index (χ1n) is 9.25. The summed E-state index contributed by atoms with van der Waals surface area (Å²) in [7, 11) is 0. The van der Waals surface area contributed by atoms with Crippen LogP contribution in [0.25, 0.3) is 0 Å². The highest BCUT2D eigenvalue weighted by atomic mass is 35.5. The van der Waals surface area contributed by atoms with Gasteiger partial charge in [-0.2, -0.15) is 0 Å². The predicted octanol–water partition coefficient (Wildman–Crippen LogP) is 3.68. The third-order valence-corrected chi connectivity index (χ3v) is 5.57. The van der Waals surface area contributed by atoms with Gasteiger partial charge in [-0.3, -0.25) is 9.69 Å². The molecule has 0 saturated carbocycles. The van der Waals surface area contributed by atoms with E-state index in [0.717, 1.165) is 38.4 Å². The van der Waals surface area contributed by atoms with Gasteiger partial charge >= 0.3 is 0 Å². The number of anilines is 2. The number of nitrogen functional groups attached to an aromatic ring is 1. The van der Waals surface area contributed by atoms with Crippen LogP contribution in [0.1, 0.15) is 10.4 Å². The molecular formula is C21H24Cl2N4O. The first-order valence-corrected chi connectivity index (χ1v) is 10.0. The summed E-state index contributed by atoms with van der Waals surface area (Å²) in [5.74, 6) is -0.158. The Bertz CT molecular complexity index is 848. The summed E-state index contributed by atoms with van der Waals surface area (Å²) in [5.41, 5.74) is 7.80. The number of nitrogens with one attached hydrogen (secondary N) is 1. The van der Waals surface area contributed by atoms with Gasteiger partial charge in [0.15, 0.2) is 0 Å². The van der Waals surface area contributed by atoms with Crippen LogP contribution in [0.15, 0.2) is 54.6 Å². The van der Waals surface area contributed by atoms with Crippen LogP contribution in [0.2, 0.25) is 10.0 Å². The van der Waals surface area contributed by atoms with E-state index in [1.54, 1.807) is 24.3 Å². The van der Waals surface area contributed by atoms with Crippen LogP contribution in [-0.4, -0.2) is 50.1 Å². The highest BCUT2D eigenvalue weighted by Gasteiger charge is 2.18. The standard InChI is InChI=1S/C21H24Cl2N4O/c22-17-7-5-9-19(20(17)23)27-14-12-26(13-15-27)11-4-3-10-25-21(28)16-6-1-2-8-18(16)24/h1-9H,10-15,24H2,(H,25,28)/b4-3+. The molecule has 1 amide bonds. The SMILES string of the molecule is Nc1ccccc1C(=O)NC/C=C/CN1CCN(c2cccc(Cl)c2Cl)CC1. The average Bonchev–Trinajstić information content (AvgIpc) is 2.70. The minimum absolute atomic E-state index is 0.158. The van der Waals surface area contributed by atoms with Gasteiger partial charge in [0.05, 0.1) is 21.3 Å². The summed E-state index contributed by atoms with van der Waals surface area (Å²) in [6.07, 6.45) is 4.05. The number of para-hydroxylation sites is 1. The van der Waals surface area contributed by atoms with E-state index in [0.29, 0.717) is 27.8 Å². The molecule has 1 aliphatic heterocycles. The van der Waals surface area contributed by atoms with Crippen molar-refractivity contribution in [2.45, 2.75) is 0 Å². The topological polar surface area (TPSA) is 61.6 Å². The summed E-state index contributed by atoms with van der Waals surface area (Å²) in [5, 5.41) is 4.06. The molecule has 3 rings (SSSR count). The summed E-state index contributed by atoms with van der Waals surface area (Å²) >= 11 is 12.4. The fourth-order valence-electron chi connectivity index (χ4n) is 3.17. The molecule has 3 N–H and O–H groups in total. The van der Waals surface area contributed by atoms with Gasteiger partial charge in [0.2, 0.25) is 0 Å². The molecule has 2 aromatic carbocycles. The van der Waals surface area contributed by atoms with Gasteiger partial charge in [0.25, 0.3) is 5.91 Å². The number of carbonyl (C=O) groups is 1. The fourth-order valence-corrected chi connectivity index (χ4v) is 3.58. The molecule has 1 aliphatic rings. The van der Waals surface area contributed by atoms with Crippen LogP contribution >= 0.6 is 23.2 Å². The largest absolute Gasteiger partial charge is 0.398 e. The molecular weight excluding hydrogens is 395 g/mol. The quantitative estimate of drug-likeness (QED) is 0.554.